The SMILES string of the molecule is CN1CCN(c2ccc(CNC(=S)Nc3ccc(N)cc3)cc2C(F)(F)F)CC1. The quantitative estimate of drug-likeness (QED) is 0.517. The number of halogens is 3. The molecule has 0 spiro atoms. The van der Waals surface area contributed by atoms with Gasteiger partial charge in [0.25, 0.3) is 0 Å². The number of piperazine rings is 1. The first-order chi connectivity index (χ1) is 13.7. The lowest BCUT2D eigenvalue weighted by molar-refractivity contribution is -0.137. The van der Waals surface area contributed by atoms with E-state index in [-0.39, 0.29) is 12.2 Å². The van der Waals surface area contributed by atoms with Crippen molar-refractivity contribution in [2.24, 2.45) is 0 Å². The number of benzene rings is 2. The second kappa shape index (κ2) is 8.87. The second-order valence-electron chi connectivity index (χ2n) is 7.07. The maximum Gasteiger partial charge on any atom is 0.418 e. The molecule has 0 saturated carbocycles. The number of alkyl halides is 3. The molecule has 29 heavy (non-hydrogen) atoms. The normalized spacial score (nSPS) is 15.2. The van der Waals surface area contributed by atoms with Crippen LogP contribution < -0.4 is 21.3 Å². The minimum atomic E-state index is -4.42. The summed E-state index contributed by atoms with van der Waals surface area (Å²) in [6.07, 6.45) is -4.42. The number of hydrogen-bond donors (Lipinski definition) is 3. The molecule has 0 atom stereocenters. The van der Waals surface area contributed by atoms with Gasteiger partial charge in [0.2, 0.25) is 0 Å². The zero-order valence-electron chi connectivity index (χ0n) is 16.1. The predicted molar refractivity (Wildman–Crippen MR) is 115 cm³/mol. The third kappa shape index (κ3) is 5.74. The van der Waals surface area contributed by atoms with E-state index in [1.807, 2.05) is 7.05 Å². The lowest BCUT2D eigenvalue weighted by Crippen LogP contribution is -2.45. The monoisotopic (exact) mass is 423 g/mol. The molecule has 0 amide bonds. The van der Waals surface area contributed by atoms with Crippen molar-refractivity contribution >= 4 is 34.4 Å². The Hall–Kier alpha value is -2.52. The summed E-state index contributed by atoms with van der Waals surface area (Å²) in [5.41, 5.74) is 7.15. The van der Waals surface area contributed by atoms with E-state index in [1.165, 1.54) is 6.07 Å². The lowest BCUT2D eigenvalue weighted by atomic mass is 10.1. The molecule has 1 saturated heterocycles. The number of nitrogens with zero attached hydrogens (tertiary/aromatic N) is 2. The lowest BCUT2D eigenvalue weighted by Gasteiger charge is -2.35. The molecule has 3 rings (SSSR count). The first-order valence-electron chi connectivity index (χ1n) is 9.26. The summed E-state index contributed by atoms with van der Waals surface area (Å²) >= 11 is 5.22. The van der Waals surface area contributed by atoms with Crippen LogP contribution in [0.4, 0.5) is 30.2 Å². The molecule has 0 aliphatic carbocycles. The molecule has 156 valence electrons. The van der Waals surface area contributed by atoms with Gasteiger partial charge in [-0.25, -0.2) is 0 Å². The van der Waals surface area contributed by atoms with Crippen molar-refractivity contribution in [1.82, 2.24) is 10.2 Å². The van der Waals surface area contributed by atoms with E-state index in [0.29, 0.717) is 29.5 Å². The predicted octanol–water partition coefficient (Wildman–Crippen LogP) is 3.53. The Bertz CT molecular complexity index is 846. The summed E-state index contributed by atoms with van der Waals surface area (Å²) in [6, 6.07) is 11.5. The van der Waals surface area contributed by atoms with Crippen LogP contribution in [-0.2, 0) is 12.7 Å². The van der Waals surface area contributed by atoms with Crippen LogP contribution in [0.3, 0.4) is 0 Å². The van der Waals surface area contributed by atoms with Gasteiger partial charge in [-0.1, -0.05) is 6.07 Å². The number of anilines is 3. The molecule has 1 aliphatic rings. The highest BCUT2D eigenvalue weighted by molar-refractivity contribution is 7.80. The molecule has 1 fully saturated rings. The Labute approximate surface area is 173 Å². The highest BCUT2D eigenvalue weighted by Gasteiger charge is 2.35. The number of nitrogens with two attached hydrogens (primary N) is 1. The van der Waals surface area contributed by atoms with Gasteiger partial charge in [-0.2, -0.15) is 13.2 Å². The second-order valence-corrected chi connectivity index (χ2v) is 7.48. The zero-order valence-corrected chi connectivity index (χ0v) is 16.9. The standard InChI is InChI=1S/C20H24F3N5S/c1-27-8-10-28(11-9-27)18-7-2-14(12-17(18)20(21,22)23)13-25-19(29)26-16-5-3-15(24)4-6-16/h2-7,12H,8-11,13,24H2,1H3,(H2,25,26,29). The highest BCUT2D eigenvalue weighted by atomic mass is 32.1. The highest BCUT2D eigenvalue weighted by Crippen LogP contribution is 2.37. The van der Waals surface area contributed by atoms with Crippen LogP contribution in [0, 0.1) is 0 Å². The summed E-state index contributed by atoms with van der Waals surface area (Å²) in [5.74, 6) is 0. The number of hydrogen-bond acceptors (Lipinski definition) is 4. The van der Waals surface area contributed by atoms with Crippen LogP contribution in [0.1, 0.15) is 11.1 Å². The van der Waals surface area contributed by atoms with Crippen molar-refractivity contribution in [3.05, 3.63) is 53.6 Å². The molecule has 1 aliphatic heterocycles. The van der Waals surface area contributed by atoms with E-state index in [9.17, 15) is 13.2 Å². The minimum absolute atomic E-state index is 0.187. The molecule has 0 radical (unpaired) electrons. The molecule has 0 bridgehead atoms. The van der Waals surface area contributed by atoms with Gasteiger partial charge in [0.1, 0.15) is 0 Å². The zero-order chi connectivity index (χ0) is 21.0. The fraction of sp³-hybridized carbons (Fsp3) is 0.350. The van der Waals surface area contributed by atoms with Crippen LogP contribution in [0.15, 0.2) is 42.5 Å². The minimum Gasteiger partial charge on any atom is -0.399 e. The molecule has 4 N–H and O–H groups in total. The van der Waals surface area contributed by atoms with E-state index in [1.54, 1.807) is 41.3 Å². The molecule has 5 nitrogen and oxygen atoms in total. The average molecular weight is 424 g/mol. The smallest absolute Gasteiger partial charge is 0.399 e. The maximum absolute atomic E-state index is 13.7. The Morgan fingerprint density at radius 1 is 1.07 bits per heavy atom. The fourth-order valence-electron chi connectivity index (χ4n) is 3.17. The molecule has 0 unspecified atom stereocenters. The summed E-state index contributed by atoms with van der Waals surface area (Å²) in [6.45, 7) is 2.82. The van der Waals surface area contributed by atoms with Gasteiger partial charge in [-0.05, 0) is 61.2 Å². The van der Waals surface area contributed by atoms with Crippen molar-refractivity contribution in [2.75, 3.05) is 49.2 Å². The number of rotatable bonds is 4. The van der Waals surface area contributed by atoms with Gasteiger partial charge in [-0.3, -0.25) is 0 Å². The van der Waals surface area contributed by atoms with E-state index in [0.717, 1.165) is 18.8 Å². The summed E-state index contributed by atoms with van der Waals surface area (Å²) in [7, 11) is 1.97. The number of nitrogens with one attached hydrogen (secondary N) is 2. The van der Waals surface area contributed by atoms with Gasteiger partial charge in [0.05, 0.1) is 5.56 Å². The van der Waals surface area contributed by atoms with Crippen LogP contribution in [0.25, 0.3) is 0 Å². The molecule has 1 heterocycles. The van der Waals surface area contributed by atoms with Crippen LogP contribution in [-0.4, -0.2) is 43.2 Å². The van der Waals surface area contributed by atoms with Gasteiger partial charge >= 0.3 is 6.18 Å². The average Bonchev–Trinajstić information content (AvgIpc) is 2.68. The van der Waals surface area contributed by atoms with Crippen LogP contribution in [0.5, 0.6) is 0 Å². The maximum atomic E-state index is 13.7. The van der Waals surface area contributed by atoms with Crippen molar-refractivity contribution in [3.63, 3.8) is 0 Å². The van der Waals surface area contributed by atoms with Gasteiger partial charge in [0, 0.05) is 49.8 Å². The molecule has 2 aromatic rings. The van der Waals surface area contributed by atoms with E-state index >= 15 is 0 Å². The molecular formula is C20H24F3N5S. The third-order valence-electron chi connectivity index (χ3n) is 4.83. The van der Waals surface area contributed by atoms with Gasteiger partial charge in [0.15, 0.2) is 5.11 Å². The summed E-state index contributed by atoms with van der Waals surface area (Å²) in [5, 5.41) is 6.25. The van der Waals surface area contributed by atoms with E-state index in [2.05, 4.69) is 15.5 Å². The first-order valence-corrected chi connectivity index (χ1v) is 9.67. The van der Waals surface area contributed by atoms with Crippen LogP contribution >= 0.6 is 12.2 Å². The fourth-order valence-corrected chi connectivity index (χ4v) is 3.36. The number of thiocarbonyl (C=S) groups is 1. The summed E-state index contributed by atoms with van der Waals surface area (Å²) in [4.78, 5) is 3.91. The Kier molecular flexibility index (Phi) is 6.49. The van der Waals surface area contributed by atoms with Crippen molar-refractivity contribution in [3.8, 4) is 0 Å². The van der Waals surface area contributed by atoms with Crippen LogP contribution in [0.2, 0.25) is 0 Å². The largest absolute Gasteiger partial charge is 0.418 e. The first kappa shape index (κ1) is 21.2. The molecule has 2 aromatic carbocycles. The van der Waals surface area contributed by atoms with Gasteiger partial charge in [-0.15, -0.1) is 0 Å². The van der Waals surface area contributed by atoms with Crippen molar-refractivity contribution in [1.29, 1.82) is 0 Å². The Balaban J connectivity index is 1.68. The third-order valence-corrected chi connectivity index (χ3v) is 5.08. The summed E-state index contributed by atoms with van der Waals surface area (Å²) < 4.78 is 41.0. The molecular weight excluding hydrogens is 399 g/mol. The number of likely N-dealkylation sites (N-methyl/N-ethyl adjacent to an activating group) is 1. The topological polar surface area (TPSA) is 56.6 Å². The molecule has 0 aromatic heterocycles. The van der Waals surface area contributed by atoms with Gasteiger partial charge < -0.3 is 26.2 Å². The van der Waals surface area contributed by atoms with E-state index in [4.69, 9.17) is 18.0 Å². The Morgan fingerprint density at radius 3 is 2.34 bits per heavy atom. The van der Waals surface area contributed by atoms with Crippen molar-refractivity contribution in [2.45, 2.75) is 12.7 Å². The number of nitrogen functional groups attached to an aromatic ring is 1. The van der Waals surface area contributed by atoms with E-state index < -0.39 is 11.7 Å². The molecule has 9 heteroatoms. The Morgan fingerprint density at radius 2 is 1.72 bits per heavy atom. The van der Waals surface area contributed by atoms with Crippen molar-refractivity contribution < 1.29 is 13.2 Å².